The topological polar surface area (TPSA) is 34.1 Å². The summed E-state index contributed by atoms with van der Waals surface area (Å²) in [4.78, 5) is 13.0. The quantitative estimate of drug-likeness (QED) is 0.125. The highest BCUT2D eigenvalue weighted by atomic mass is 16.5. The second kappa shape index (κ2) is 14.1. The Bertz CT molecular complexity index is 1170. The summed E-state index contributed by atoms with van der Waals surface area (Å²) in [5.41, 5.74) is 4.33. The first-order valence-electron chi connectivity index (χ1n) is 13.5. The number of rotatable bonds is 13. The van der Waals surface area contributed by atoms with Gasteiger partial charge in [-0.15, -0.1) is 0 Å². The van der Waals surface area contributed by atoms with Gasteiger partial charge in [-0.1, -0.05) is 80.4 Å². The monoisotopic (exact) mass is 494 g/mol. The van der Waals surface area contributed by atoms with Gasteiger partial charge in [-0.3, -0.25) is 4.79 Å². The lowest BCUT2D eigenvalue weighted by Gasteiger charge is -2.16. The Kier molecular flexibility index (Phi) is 10.00. The lowest BCUT2D eigenvalue weighted by Crippen LogP contribution is -2.33. The van der Waals surface area contributed by atoms with Crippen molar-refractivity contribution in [3.05, 3.63) is 121 Å². The maximum atomic E-state index is 13.0. The Balaban J connectivity index is 1.26. The maximum Gasteiger partial charge on any atom is 0.317 e. The average Bonchev–Trinajstić information content (AvgIpc) is 2.95. The van der Waals surface area contributed by atoms with Crippen LogP contribution in [-0.2, 0) is 22.6 Å². The minimum absolute atomic E-state index is 0.204. The van der Waals surface area contributed by atoms with E-state index in [-0.39, 0.29) is 5.97 Å². The molecule has 0 aliphatic rings. The number of aryl methyl sites for hydroxylation is 2. The number of carbonyl (C=O) groups is 1. The number of carbonyl (C=O) groups excluding carboxylic acids is 1. The fourth-order valence-electron chi connectivity index (χ4n) is 4.58. The van der Waals surface area contributed by atoms with Crippen LogP contribution in [0.15, 0.2) is 110 Å². The van der Waals surface area contributed by atoms with Crippen molar-refractivity contribution in [2.24, 2.45) is 0 Å². The van der Waals surface area contributed by atoms with Crippen LogP contribution in [0.5, 0.6) is 0 Å². The summed E-state index contributed by atoms with van der Waals surface area (Å²) in [5, 5.41) is 0. The van der Waals surface area contributed by atoms with Crippen LogP contribution in [0.2, 0.25) is 0 Å². The normalized spacial score (nSPS) is 11.0. The van der Waals surface area contributed by atoms with Gasteiger partial charge in [0.15, 0.2) is 31.3 Å². The number of unbranched alkanes of at least 4 members (excludes halogenated alkanes) is 3. The molecule has 0 saturated heterocycles. The Morgan fingerprint density at radius 2 is 1.14 bits per heavy atom. The van der Waals surface area contributed by atoms with Crippen LogP contribution >= 0.6 is 0 Å². The molecule has 0 unspecified atom stereocenters. The van der Waals surface area contributed by atoms with E-state index < -0.39 is 5.92 Å². The highest BCUT2D eigenvalue weighted by Gasteiger charge is 2.24. The molecule has 2 aromatic carbocycles. The summed E-state index contributed by atoms with van der Waals surface area (Å²) < 4.78 is 10.1. The molecule has 0 bridgehead atoms. The zero-order valence-corrected chi connectivity index (χ0v) is 21.8. The van der Waals surface area contributed by atoms with Gasteiger partial charge < -0.3 is 4.74 Å². The van der Waals surface area contributed by atoms with Crippen LogP contribution in [0.4, 0.5) is 0 Å². The van der Waals surface area contributed by atoms with Crippen LogP contribution in [0, 0.1) is 0 Å². The van der Waals surface area contributed by atoms with Crippen LogP contribution in [0.25, 0.3) is 11.1 Å². The van der Waals surface area contributed by atoms with Gasteiger partial charge >= 0.3 is 5.97 Å². The van der Waals surface area contributed by atoms with Crippen molar-refractivity contribution < 1.29 is 18.7 Å². The molecule has 0 atom stereocenters. The summed E-state index contributed by atoms with van der Waals surface area (Å²) in [5.74, 6) is -0.611. The molecule has 4 rings (SSSR count). The van der Waals surface area contributed by atoms with E-state index in [1.165, 1.54) is 36.8 Å². The number of ether oxygens (including phenoxy) is 1. The number of pyridine rings is 2. The Morgan fingerprint density at radius 3 is 1.62 bits per heavy atom. The van der Waals surface area contributed by atoms with Crippen molar-refractivity contribution in [1.82, 2.24) is 0 Å². The lowest BCUT2D eigenvalue weighted by atomic mass is 9.91. The van der Waals surface area contributed by atoms with Gasteiger partial charge in [0.2, 0.25) is 0 Å². The zero-order chi connectivity index (χ0) is 25.7. The van der Waals surface area contributed by atoms with Crippen molar-refractivity contribution >= 4 is 5.97 Å². The maximum absolute atomic E-state index is 13.0. The van der Waals surface area contributed by atoms with E-state index in [1.54, 1.807) is 0 Å². The van der Waals surface area contributed by atoms with E-state index in [0.717, 1.165) is 30.6 Å². The van der Waals surface area contributed by atoms with E-state index in [4.69, 9.17) is 4.74 Å². The fourth-order valence-corrected chi connectivity index (χ4v) is 4.58. The number of aromatic nitrogens is 2. The van der Waals surface area contributed by atoms with E-state index in [1.807, 2.05) is 60.7 Å². The smallest absolute Gasteiger partial charge is 0.317 e. The average molecular weight is 495 g/mol. The Morgan fingerprint density at radius 1 is 0.649 bits per heavy atom. The zero-order valence-electron chi connectivity index (χ0n) is 21.8. The first-order valence-corrected chi connectivity index (χ1v) is 13.5. The summed E-state index contributed by atoms with van der Waals surface area (Å²) in [7, 11) is 0. The molecule has 190 valence electrons. The minimum atomic E-state index is -0.407. The minimum Gasteiger partial charge on any atom is -0.465 e. The molecule has 0 aliphatic heterocycles. The lowest BCUT2D eigenvalue weighted by molar-refractivity contribution is -0.697. The molecule has 2 aromatic heterocycles. The molecule has 4 nitrogen and oxygen atoms in total. The largest absolute Gasteiger partial charge is 0.465 e. The van der Waals surface area contributed by atoms with E-state index in [9.17, 15) is 4.79 Å². The first-order chi connectivity index (χ1) is 18.2. The van der Waals surface area contributed by atoms with Gasteiger partial charge in [0.25, 0.3) is 0 Å². The standard InChI is InChI=1S/C33H38N2O2/c1-2-3-4-11-21-34-23-17-28(18-24-34)29-19-25-35(26-20-29)22-12-27-37-33(36)32(30-13-7-5-8-14-30)31-15-9-6-10-16-31/h5-10,13-20,23-26,32H,2-4,11-12,21-22,27H2,1H3/q+2. The van der Waals surface area contributed by atoms with E-state index >= 15 is 0 Å². The number of esters is 1. The van der Waals surface area contributed by atoms with Crippen LogP contribution in [0.1, 0.15) is 56.1 Å². The third-order valence-electron chi connectivity index (χ3n) is 6.69. The SMILES string of the molecule is CCCCCC[n+]1ccc(-c2cc[n+](CCCOC(=O)C(c3ccccc3)c3ccccc3)cc2)cc1. The van der Waals surface area contributed by atoms with Crippen molar-refractivity contribution in [3.8, 4) is 11.1 Å². The Hall–Kier alpha value is -3.79. The van der Waals surface area contributed by atoms with Gasteiger partial charge in [0, 0.05) is 37.1 Å². The Labute approximate surface area is 221 Å². The van der Waals surface area contributed by atoms with Gasteiger partial charge in [0.05, 0.1) is 6.61 Å². The fraction of sp³-hybridized carbons (Fsp3) is 0.303. The highest BCUT2D eigenvalue weighted by Crippen LogP contribution is 2.26. The number of hydrogen-bond donors (Lipinski definition) is 0. The van der Waals surface area contributed by atoms with Crippen molar-refractivity contribution in [2.75, 3.05) is 6.61 Å². The van der Waals surface area contributed by atoms with Crippen LogP contribution in [-0.4, -0.2) is 12.6 Å². The van der Waals surface area contributed by atoms with Crippen LogP contribution < -0.4 is 9.13 Å². The number of hydrogen-bond acceptors (Lipinski definition) is 2. The predicted molar refractivity (Wildman–Crippen MR) is 147 cm³/mol. The predicted octanol–water partition coefficient (Wildman–Crippen LogP) is 6.27. The van der Waals surface area contributed by atoms with Crippen molar-refractivity contribution in [1.29, 1.82) is 0 Å². The molecular weight excluding hydrogens is 456 g/mol. The third-order valence-corrected chi connectivity index (χ3v) is 6.69. The highest BCUT2D eigenvalue weighted by molar-refractivity contribution is 5.82. The molecule has 0 radical (unpaired) electrons. The number of nitrogens with zero attached hydrogens (tertiary/aromatic N) is 2. The van der Waals surface area contributed by atoms with Gasteiger partial charge in [-0.25, -0.2) is 9.13 Å². The first kappa shape index (κ1) is 26.3. The molecule has 0 fully saturated rings. The van der Waals surface area contributed by atoms with Gasteiger partial charge in [-0.05, 0) is 28.7 Å². The van der Waals surface area contributed by atoms with Gasteiger partial charge in [-0.2, -0.15) is 0 Å². The molecule has 0 spiro atoms. The van der Waals surface area contributed by atoms with Gasteiger partial charge in [0.1, 0.15) is 12.5 Å². The summed E-state index contributed by atoms with van der Waals surface area (Å²) in [6.07, 6.45) is 14.4. The summed E-state index contributed by atoms with van der Waals surface area (Å²) in [6.45, 7) is 4.51. The molecule has 0 saturated carbocycles. The molecule has 4 aromatic rings. The molecule has 0 amide bonds. The second-order valence-electron chi connectivity index (χ2n) is 9.49. The number of benzene rings is 2. The third kappa shape index (κ3) is 7.85. The van der Waals surface area contributed by atoms with Crippen molar-refractivity contribution in [2.45, 2.75) is 58.0 Å². The molecule has 0 aliphatic carbocycles. The van der Waals surface area contributed by atoms with Crippen molar-refractivity contribution in [3.63, 3.8) is 0 Å². The van der Waals surface area contributed by atoms with E-state index in [0.29, 0.717) is 6.61 Å². The molecule has 4 heteroatoms. The summed E-state index contributed by atoms with van der Waals surface area (Å²) >= 11 is 0. The summed E-state index contributed by atoms with van der Waals surface area (Å²) in [6, 6.07) is 28.4. The molecule has 37 heavy (non-hydrogen) atoms. The molecular formula is C33H38N2O2+2. The molecule has 2 heterocycles. The van der Waals surface area contributed by atoms with Crippen LogP contribution in [0.3, 0.4) is 0 Å². The molecule has 0 N–H and O–H groups in total. The van der Waals surface area contributed by atoms with E-state index in [2.05, 4.69) is 65.1 Å². The second-order valence-corrected chi connectivity index (χ2v) is 9.49.